The van der Waals surface area contributed by atoms with E-state index >= 15 is 0 Å². The third-order valence-electron chi connectivity index (χ3n) is 4.32. The Hall–Kier alpha value is -1.59. The van der Waals surface area contributed by atoms with Gasteiger partial charge in [0.15, 0.2) is 0 Å². The van der Waals surface area contributed by atoms with Crippen LogP contribution in [0.25, 0.3) is 0 Å². The Bertz CT molecular complexity index is 517. The summed E-state index contributed by atoms with van der Waals surface area (Å²) in [7, 11) is 1.60. The number of aliphatic hydroxyl groups is 1. The second-order valence-corrected chi connectivity index (χ2v) is 6.03. The van der Waals surface area contributed by atoms with Gasteiger partial charge in [0.2, 0.25) is 0 Å². The molecule has 0 aromatic heterocycles. The highest BCUT2D eigenvalue weighted by atomic mass is 16.5. The van der Waals surface area contributed by atoms with E-state index in [4.69, 9.17) is 9.84 Å². The number of aryl methyl sites for hydroxylation is 1. The van der Waals surface area contributed by atoms with Gasteiger partial charge in [-0.3, -0.25) is 4.79 Å². The summed E-state index contributed by atoms with van der Waals surface area (Å²) in [5.41, 5.74) is 1.88. The minimum atomic E-state index is -0.717. The van der Waals surface area contributed by atoms with Gasteiger partial charge in [-0.05, 0) is 44.9 Å². The van der Waals surface area contributed by atoms with Crippen LogP contribution < -0.4 is 4.74 Å². The Morgan fingerprint density at radius 1 is 1.50 bits per heavy atom. The molecule has 1 aliphatic heterocycles. The van der Waals surface area contributed by atoms with Crippen LogP contribution in [0.5, 0.6) is 5.75 Å². The van der Waals surface area contributed by atoms with Gasteiger partial charge < -0.3 is 19.8 Å². The molecule has 1 heterocycles. The van der Waals surface area contributed by atoms with E-state index in [9.17, 15) is 9.90 Å². The van der Waals surface area contributed by atoms with Crippen LogP contribution in [0.3, 0.4) is 0 Å². The van der Waals surface area contributed by atoms with Crippen LogP contribution in [0.4, 0.5) is 0 Å². The number of nitrogens with zero attached hydrogens (tertiary/aromatic N) is 1. The van der Waals surface area contributed by atoms with Crippen molar-refractivity contribution < 1.29 is 19.7 Å². The molecule has 22 heavy (non-hydrogen) atoms. The quantitative estimate of drug-likeness (QED) is 0.843. The van der Waals surface area contributed by atoms with Crippen molar-refractivity contribution >= 4 is 5.97 Å². The summed E-state index contributed by atoms with van der Waals surface area (Å²) in [5, 5.41) is 19.6. The SMILES string of the molecule is COc1ccc(C)cc1C(O)CCN1CCCC(C(=O)O)C1. The molecular weight excluding hydrogens is 282 g/mol. The number of piperidine rings is 1. The lowest BCUT2D eigenvalue weighted by Crippen LogP contribution is -2.39. The van der Waals surface area contributed by atoms with Gasteiger partial charge in [-0.15, -0.1) is 0 Å². The zero-order valence-electron chi connectivity index (χ0n) is 13.3. The van der Waals surface area contributed by atoms with E-state index in [-0.39, 0.29) is 5.92 Å². The number of hydrogen-bond donors (Lipinski definition) is 2. The van der Waals surface area contributed by atoms with Gasteiger partial charge in [-0.1, -0.05) is 11.6 Å². The molecule has 2 unspecified atom stereocenters. The molecule has 1 fully saturated rings. The van der Waals surface area contributed by atoms with Crippen LogP contribution in [0.15, 0.2) is 18.2 Å². The van der Waals surface area contributed by atoms with Gasteiger partial charge in [-0.25, -0.2) is 0 Å². The van der Waals surface area contributed by atoms with Crippen molar-refractivity contribution in [2.75, 3.05) is 26.7 Å². The fraction of sp³-hybridized carbons (Fsp3) is 0.588. The third kappa shape index (κ3) is 4.21. The first-order valence-corrected chi connectivity index (χ1v) is 7.79. The van der Waals surface area contributed by atoms with E-state index < -0.39 is 12.1 Å². The lowest BCUT2D eigenvalue weighted by Gasteiger charge is -2.31. The molecule has 5 nitrogen and oxygen atoms in total. The highest BCUT2D eigenvalue weighted by Crippen LogP contribution is 2.29. The zero-order chi connectivity index (χ0) is 16.1. The van der Waals surface area contributed by atoms with E-state index in [0.29, 0.717) is 25.3 Å². The van der Waals surface area contributed by atoms with E-state index in [2.05, 4.69) is 4.90 Å². The average molecular weight is 307 g/mol. The van der Waals surface area contributed by atoms with Crippen molar-refractivity contribution in [3.63, 3.8) is 0 Å². The third-order valence-corrected chi connectivity index (χ3v) is 4.32. The smallest absolute Gasteiger partial charge is 0.307 e. The molecule has 1 aromatic carbocycles. The number of hydrogen-bond acceptors (Lipinski definition) is 4. The monoisotopic (exact) mass is 307 g/mol. The molecule has 0 spiro atoms. The largest absolute Gasteiger partial charge is 0.496 e. The Morgan fingerprint density at radius 3 is 2.95 bits per heavy atom. The van der Waals surface area contributed by atoms with Crippen molar-refractivity contribution in [3.8, 4) is 5.75 Å². The van der Waals surface area contributed by atoms with Crippen LogP contribution in [0, 0.1) is 12.8 Å². The first-order valence-electron chi connectivity index (χ1n) is 7.79. The van der Waals surface area contributed by atoms with Crippen molar-refractivity contribution in [2.24, 2.45) is 5.92 Å². The second kappa shape index (κ2) is 7.61. The van der Waals surface area contributed by atoms with Crippen LogP contribution in [0.2, 0.25) is 0 Å². The summed E-state index contributed by atoms with van der Waals surface area (Å²) < 4.78 is 5.31. The fourth-order valence-electron chi connectivity index (χ4n) is 3.03. The summed E-state index contributed by atoms with van der Waals surface area (Å²) in [6.07, 6.45) is 1.63. The summed E-state index contributed by atoms with van der Waals surface area (Å²) in [6, 6.07) is 5.77. The van der Waals surface area contributed by atoms with Crippen molar-refractivity contribution in [1.29, 1.82) is 0 Å². The number of carbonyl (C=O) groups is 1. The molecule has 2 atom stereocenters. The summed E-state index contributed by atoms with van der Waals surface area (Å²) in [4.78, 5) is 13.2. The van der Waals surface area contributed by atoms with E-state index in [1.807, 2.05) is 25.1 Å². The molecule has 1 aromatic rings. The lowest BCUT2D eigenvalue weighted by molar-refractivity contribution is -0.143. The number of benzene rings is 1. The van der Waals surface area contributed by atoms with Crippen molar-refractivity contribution in [2.45, 2.75) is 32.3 Å². The van der Waals surface area contributed by atoms with Crippen LogP contribution in [-0.2, 0) is 4.79 Å². The Balaban J connectivity index is 1.94. The van der Waals surface area contributed by atoms with Gasteiger partial charge in [0, 0.05) is 18.7 Å². The Morgan fingerprint density at radius 2 is 2.27 bits per heavy atom. The minimum absolute atomic E-state index is 0.278. The van der Waals surface area contributed by atoms with Crippen molar-refractivity contribution in [3.05, 3.63) is 29.3 Å². The normalized spacial score (nSPS) is 20.6. The molecule has 1 aliphatic rings. The number of likely N-dealkylation sites (tertiary alicyclic amines) is 1. The van der Waals surface area contributed by atoms with Gasteiger partial charge >= 0.3 is 5.97 Å². The van der Waals surface area contributed by atoms with E-state index in [0.717, 1.165) is 30.5 Å². The highest BCUT2D eigenvalue weighted by Gasteiger charge is 2.25. The molecule has 1 saturated heterocycles. The van der Waals surface area contributed by atoms with Gasteiger partial charge in [0.1, 0.15) is 5.75 Å². The standard InChI is InChI=1S/C17H25NO4/c1-12-5-6-16(22-2)14(10-12)15(19)7-9-18-8-3-4-13(11-18)17(20)21/h5-6,10,13,15,19H,3-4,7-9,11H2,1-2H3,(H,20,21). The number of aliphatic carboxylic acids is 1. The molecule has 122 valence electrons. The highest BCUT2D eigenvalue weighted by molar-refractivity contribution is 5.70. The lowest BCUT2D eigenvalue weighted by atomic mass is 9.97. The number of methoxy groups -OCH3 is 1. The fourth-order valence-corrected chi connectivity index (χ4v) is 3.03. The number of carboxylic acid groups (broad SMARTS) is 1. The molecule has 0 aliphatic carbocycles. The van der Waals surface area contributed by atoms with Crippen molar-refractivity contribution in [1.82, 2.24) is 4.90 Å². The molecule has 0 radical (unpaired) electrons. The predicted molar refractivity (Wildman–Crippen MR) is 84.1 cm³/mol. The maximum absolute atomic E-state index is 11.1. The molecule has 0 bridgehead atoms. The Kier molecular flexibility index (Phi) is 5.80. The van der Waals surface area contributed by atoms with Crippen LogP contribution in [-0.4, -0.2) is 47.8 Å². The maximum atomic E-state index is 11.1. The van der Waals surface area contributed by atoms with Gasteiger partial charge in [0.05, 0.1) is 19.1 Å². The first kappa shape index (κ1) is 16.8. The minimum Gasteiger partial charge on any atom is -0.496 e. The van der Waals surface area contributed by atoms with E-state index in [1.165, 1.54) is 0 Å². The predicted octanol–water partition coefficient (Wildman–Crippen LogP) is 2.22. The Labute approximate surface area is 131 Å². The average Bonchev–Trinajstić information content (AvgIpc) is 2.52. The summed E-state index contributed by atoms with van der Waals surface area (Å²) in [5.74, 6) is -0.301. The van der Waals surface area contributed by atoms with Gasteiger partial charge in [0.25, 0.3) is 0 Å². The second-order valence-electron chi connectivity index (χ2n) is 6.03. The van der Waals surface area contributed by atoms with E-state index in [1.54, 1.807) is 7.11 Å². The van der Waals surface area contributed by atoms with Crippen LogP contribution in [0.1, 0.15) is 36.5 Å². The first-order chi connectivity index (χ1) is 10.5. The molecule has 2 rings (SSSR count). The number of aliphatic hydroxyl groups excluding tert-OH is 1. The zero-order valence-corrected chi connectivity index (χ0v) is 13.3. The number of carboxylic acids is 1. The molecular formula is C17H25NO4. The van der Waals surface area contributed by atoms with Gasteiger partial charge in [-0.2, -0.15) is 0 Å². The molecule has 0 saturated carbocycles. The number of ether oxygens (including phenoxy) is 1. The maximum Gasteiger partial charge on any atom is 0.307 e. The molecule has 2 N–H and O–H groups in total. The molecule has 5 heteroatoms. The summed E-state index contributed by atoms with van der Waals surface area (Å²) in [6.45, 7) is 4.16. The summed E-state index contributed by atoms with van der Waals surface area (Å²) >= 11 is 0. The molecule has 0 amide bonds. The topological polar surface area (TPSA) is 70.0 Å². The van der Waals surface area contributed by atoms with Crippen LogP contribution >= 0.6 is 0 Å². The number of rotatable bonds is 6.